The summed E-state index contributed by atoms with van der Waals surface area (Å²) in [6.07, 6.45) is 1.64. The zero-order valence-corrected chi connectivity index (χ0v) is 10.7. The standard InChI is InChI=1S/C14H17FO3/c1-9-14-10(4-3-5-18-9)6-12(15)7-11(14)8-13(16)17-2/h6-7,9H,3-5,8H2,1-2H3/t9-/m0/s1. The van der Waals surface area contributed by atoms with Crippen molar-refractivity contribution in [1.29, 1.82) is 0 Å². The number of carbonyl (C=O) groups is 1. The van der Waals surface area contributed by atoms with Crippen LogP contribution >= 0.6 is 0 Å². The highest BCUT2D eigenvalue weighted by Gasteiger charge is 2.21. The Morgan fingerprint density at radius 1 is 1.56 bits per heavy atom. The smallest absolute Gasteiger partial charge is 0.309 e. The number of carbonyl (C=O) groups excluding carboxylic acids is 1. The zero-order valence-electron chi connectivity index (χ0n) is 10.7. The summed E-state index contributed by atoms with van der Waals surface area (Å²) in [7, 11) is 1.33. The second-order valence-corrected chi connectivity index (χ2v) is 4.51. The molecule has 3 nitrogen and oxygen atoms in total. The lowest BCUT2D eigenvalue weighted by molar-refractivity contribution is -0.139. The van der Waals surface area contributed by atoms with Gasteiger partial charge in [-0.15, -0.1) is 0 Å². The summed E-state index contributed by atoms with van der Waals surface area (Å²) in [5.41, 5.74) is 2.56. The Hall–Kier alpha value is -1.42. The molecule has 0 N–H and O–H groups in total. The normalized spacial score (nSPS) is 18.9. The van der Waals surface area contributed by atoms with Crippen LogP contribution < -0.4 is 0 Å². The zero-order chi connectivity index (χ0) is 13.1. The molecule has 0 bridgehead atoms. The van der Waals surface area contributed by atoms with Crippen molar-refractivity contribution in [2.45, 2.75) is 32.3 Å². The first-order chi connectivity index (χ1) is 8.61. The molecular formula is C14H17FO3. The number of benzene rings is 1. The fourth-order valence-electron chi connectivity index (χ4n) is 2.45. The summed E-state index contributed by atoms with van der Waals surface area (Å²) >= 11 is 0. The predicted octanol–water partition coefficient (Wildman–Crippen LogP) is 2.57. The average molecular weight is 252 g/mol. The van der Waals surface area contributed by atoms with Gasteiger partial charge in [-0.05, 0) is 48.6 Å². The van der Waals surface area contributed by atoms with Gasteiger partial charge in [-0.25, -0.2) is 4.39 Å². The van der Waals surface area contributed by atoms with E-state index in [-0.39, 0.29) is 24.3 Å². The van der Waals surface area contributed by atoms with E-state index >= 15 is 0 Å². The molecule has 1 aromatic carbocycles. The summed E-state index contributed by atoms with van der Waals surface area (Å²) < 4.78 is 23.9. The molecule has 0 fully saturated rings. The van der Waals surface area contributed by atoms with Crippen molar-refractivity contribution < 1.29 is 18.7 Å². The quantitative estimate of drug-likeness (QED) is 0.759. The molecule has 1 aliphatic heterocycles. The second-order valence-electron chi connectivity index (χ2n) is 4.51. The molecular weight excluding hydrogens is 235 g/mol. The van der Waals surface area contributed by atoms with Gasteiger partial charge in [0.15, 0.2) is 0 Å². The lowest BCUT2D eigenvalue weighted by Gasteiger charge is -2.17. The summed E-state index contributed by atoms with van der Waals surface area (Å²) in [5.74, 6) is -0.666. The van der Waals surface area contributed by atoms with E-state index < -0.39 is 0 Å². The number of hydrogen-bond acceptors (Lipinski definition) is 3. The van der Waals surface area contributed by atoms with Crippen LogP contribution in [0.15, 0.2) is 12.1 Å². The number of halogens is 1. The summed E-state index contributed by atoms with van der Waals surface area (Å²) in [5, 5.41) is 0. The molecule has 0 amide bonds. The Morgan fingerprint density at radius 2 is 2.33 bits per heavy atom. The van der Waals surface area contributed by atoms with E-state index in [1.54, 1.807) is 6.07 Å². The molecule has 4 heteroatoms. The topological polar surface area (TPSA) is 35.5 Å². The third-order valence-electron chi connectivity index (χ3n) is 3.24. The molecule has 2 rings (SSSR count). The molecule has 0 aromatic heterocycles. The third kappa shape index (κ3) is 2.70. The van der Waals surface area contributed by atoms with Gasteiger partial charge in [0.05, 0.1) is 19.6 Å². The molecule has 1 aromatic rings. The van der Waals surface area contributed by atoms with Gasteiger partial charge in [0.25, 0.3) is 0 Å². The van der Waals surface area contributed by atoms with E-state index in [2.05, 4.69) is 4.74 Å². The Balaban J connectivity index is 2.44. The summed E-state index contributed by atoms with van der Waals surface area (Å²) in [6, 6.07) is 2.95. The molecule has 18 heavy (non-hydrogen) atoms. The molecule has 1 atom stereocenters. The van der Waals surface area contributed by atoms with E-state index in [0.29, 0.717) is 12.2 Å². The molecule has 0 saturated carbocycles. The summed E-state index contributed by atoms with van der Waals surface area (Å²) in [4.78, 5) is 11.4. The van der Waals surface area contributed by atoms with E-state index in [1.165, 1.54) is 13.2 Å². The molecule has 0 unspecified atom stereocenters. The Kier molecular flexibility index (Phi) is 3.97. The minimum atomic E-state index is -0.362. The van der Waals surface area contributed by atoms with Gasteiger partial charge >= 0.3 is 5.97 Å². The number of fused-ring (bicyclic) bond motifs is 1. The van der Waals surface area contributed by atoms with Crippen molar-refractivity contribution in [3.05, 3.63) is 34.6 Å². The van der Waals surface area contributed by atoms with Gasteiger partial charge in [0.1, 0.15) is 5.82 Å². The molecule has 0 aliphatic carbocycles. The molecule has 0 radical (unpaired) electrons. The van der Waals surface area contributed by atoms with Gasteiger partial charge < -0.3 is 9.47 Å². The van der Waals surface area contributed by atoms with Crippen LogP contribution in [0.25, 0.3) is 0 Å². The number of aryl methyl sites for hydroxylation is 1. The number of rotatable bonds is 2. The van der Waals surface area contributed by atoms with Crippen molar-refractivity contribution in [2.24, 2.45) is 0 Å². The highest BCUT2D eigenvalue weighted by molar-refractivity contribution is 5.73. The van der Waals surface area contributed by atoms with E-state index in [1.807, 2.05) is 6.92 Å². The number of methoxy groups -OCH3 is 1. The van der Waals surface area contributed by atoms with Crippen molar-refractivity contribution >= 4 is 5.97 Å². The van der Waals surface area contributed by atoms with Crippen LogP contribution in [0.4, 0.5) is 4.39 Å². The van der Waals surface area contributed by atoms with Crippen LogP contribution in [0.1, 0.15) is 36.1 Å². The van der Waals surface area contributed by atoms with Crippen LogP contribution in [0.2, 0.25) is 0 Å². The lowest BCUT2D eigenvalue weighted by Crippen LogP contribution is -2.11. The van der Waals surface area contributed by atoms with Gasteiger partial charge in [0, 0.05) is 6.61 Å². The summed E-state index contributed by atoms with van der Waals surface area (Å²) in [6.45, 7) is 2.60. The maximum absolute atomic E-state index is 13.6. The first kappa shape index (κ1) is 13.0. The minimum absolute atomic E-state index is 0.0876. The van der Waals surface area contributed by atoms with Gasteiger partial charge in [0.2, 0.25) is 0 Å². The van der Waals surface area contributed by atoms with Gasteiger partial charge in [-0.2, -0.15) is 0 Å². The lowest BCUT2D eigenvalue weighted by atomic mass is 9.93. The van der Waals surface area contributed by atoms with Crippen LogP contribution in [-0.4, -0.2) is 19.7 Å². The van der Waals surface area contributed by atoms with Crippen molar-refractivity contribution in [2.75, 3.05) is 13.7 Å². The van der Waals surface area contributed by atoms with Gasteiger partial charge in [-0.3, -0.25) is 4.79 Å². The minimum Gasteiger partial charge on any atom is -0.469 e. The maximum atomic E-state index is 13.6. The van der Waals surface area contributed by atoms with Crippen LogP contribution in [-0.2, 0) is 27.1 Å². The molecule has 0 saturated heterocycles. The Bertz CT molecular complexity index is 457. The third-order valence-corrected chi connectivity index (χ3v) is 3.24. The monoisotopic (exact) mass is 252 g/mol. The van der Waals surface area contributed by atoms with E-state index in [0.717, 1.165) is 24.0 Å². The van der Waals surface area contributed by atoms with Crippen molar-refractivity contribution in [3.8, 4) is 0 Å². The Morgan fingerprint density at radius 3 is 3.06 bits per heavy atom. The molecule has 1 heterocycles. The van der Waals surface area contributed by atoms with Crippen molar-refractivity contribution in [1.82, 2.24) is 0 Å². The van der Waals surface area contributed by atoms with E-state index in [4.69, 9.17) is 4.74 Å². The SMILES string of the molecule is COC(=O)Cc1cc(F)cc2c1[C@H](C)OCCC2. The Labute approximate surface area is 106 Å². The second kappa shape index (κ2) is 5.48. The van der Waals surface area contributed by atoms with Crippen LogP contribution in [0.3, 0.4) is 0 Å². The highest BCUT2D eigenvalue weighted by Crippen LogP contribution is 2.30. The average Bonchev–Trinajstić information content (AvgIpc) is 2.51. The van der Waals surface area contributed by atoms with Crippen LogP contribution in [0, 0.1) is 5.82 Å². The number of ether oxygens (including phenoxy) is 2. The highest BCUT2D eigenvalue weighted by atomic mass is 19.1. The largest absolute Gasteiger partial charge is 0.469 e. The number of esters is 1. The maximum Gasteiger partial charge on any atom is 0.309 e. The molecule has 98 valence electrons. The predicted molar refractivity (Wildman–Crippen MR) is 64.8 cm³/mol. The van der Waals surface area contributed by atoms with Crippen molar-refractivity contribution in [3.63, 3.8) is 0 Å². The molecule has 0 spiro atoms. The first-order valence-corrected chi connectivity index (χ1v) is 6.11. The van der Waals surface area contributed by atoms with Gasteiger partial charge in [-0.1, -0.05) is 0 Å². The van der Waals surface area contributed by atoms with Crippen LogP contribution in [0.5, 0.6) is 0 Å². The van der Waals surface area contributed by atoms with E-state index in [9.17, 15) is 9.18 Å². The fourth-order valence-corrected chi connectivity index (χ4v) is 2.45. The molecule has 1 aliphatic rings. The number of hydrogen-bond donors (Lipinski definition) is 0. The first-order valence-electron chi connectivity index (χ1n) is 6.11. The fraction of sp³-hybridized carbons (Fsp3) is 0.500.